The number of non-ortho nitro benzene ring substituents is 1. The van der Waals surface area contributed by atoms with Crippen molar-refractivity contribution in [3.8, 4) is 5.75 Å². The second kappa shape index (κ2) is 16.7. The first-order valence-corrected chi connectivity index (χ1v) is 15.5. The third kappa shape index (κ3) is 9.15. The van der Waals surface area contributed by atoms with Gasteiger partial charge in [-0.2, -0.15) is 0 Å². The zero-order valence-electron chi connectivity index (χ0n) is 26.2. The van der Waals surface area contributed by atoms with Gasteiger partial charge in [-0.25, -0.2) is 9.59 Å². The van der Waals surface area contributed by atoms with E-state index in [1.54, 1.807) is 13.0 Å². The number of allylic oxidation sites excluding steroid dienone is 2. The molecular formula is C34H42N2O9. The van der Waals surface area contributed by atoms with Gasteiger partial charge in [0.1, 0.15) is 5.75 Å². The van der Waals surface area contributed by atoms with E-state index in [1.165, 1.54) is 30.9 Å². The van der Waals surface area contributed by atoms with E-state index in [0.29, 0.717) is 43.0 Å². The summed E-state index contributed by atoms with van der Waals surface area (Å²) in [6.45, 7) is 5.44. The molecule has 1 fully saturated rings. The van der Waals surface area contributed by atoms with Crippen molar-refractivity contribution < 1.29 is 38.2 Å². The van der Waals surface area contributed by atoms with E-state index >= 15 is 0 Å². The number of nitrogens with zero attached hydrogens (tertiary/aromatic N) is 1. The highest BCUT2D eigenvalue weighted by molar-refractivity contribution is 6.00. The number of ether oxygens (including phenoxy) is 5. The molecule has 0 aliphatic carbocycles. The minimum atomic E-state index is -0.900. The number of esters is 2. The van der Waals surface area contributed by atoms with Crippen molar-refractivity contribution in [2.24, 2.45) is 0 Å². The number of rotatable bonds is 15. The molecule has 0 bridgehead atoms. The van der Waals surface area contributed by atoms with E-state index < -0.39 is 22.8 Å². The molecule has 11 heteroatoms. The fourth-order valence-corrected chi connectivity index (χ4v) is 5.53. The highest BCUT2D eigenvalue weighted by Gasteiger charge is 2.39. The molecule has 11 nitrogen and oxygen atoms in total. The summed E-state index contributed by atoms with van der Waals surface area (Å²) in [7, 11) is 1.25. The van der Waals surface area contributed by atoms with Crippen LogP contribution in [0.2, 0.25) is 0 Å². The quantitative estimate of drug-likeness (QED) is 0.111. The Morgan fingerprint density at radius 1 is 1.02 bits per heavy atom. The maximum Gasteiger partial charge on any atom is 0.336 e. The molecule has 0 saturated carbocycles. The number of dihydropyridines is 1. The van der Waals surface area contributed by atoms with Crippen molar-refractivity contribution in [2.45, 2.75) is 71.0 Å². The Kier molecular flexibility index (Phi) is 12.5. The highest BCUT2D eigenvalue weighted by atomic mass is 16.7. The van der Waals surface area contributed by atoms with Gasteiger partial charge in [0.15, 0.2) is 6.29 Å². The van der Waals surface area contributed by atoms with Crippen LogP contribution in [0.4, 0.5) is 5.69 Å². The van der Waals surface area contributed by atoms with Crippen LogP contribution in [-0.4, -0.2) is 56.7 Å². The number of benzene rings is 2. The first kappa shape index (κ1) is 33.7. The Labute approximate surface area is 263 Å². The Balaban J connectivity index is 1.31. The van der Waals surface area contributed by atoms with Gasteiger partial charge in [0.25, 0.3) is 5.69 Å². The number of aryl methyl sites for hydroxylation is 1. The average Bonchev–Trinajstić information content (AvgIpc) is 3.06. The maximum absolute atomic E-state index is 13.5. The number of hydrogen-bond acceptors (Lipinski definition) is 10. The normalized spacial score (nSPS) is 18.3. The van der Waals surface area contributed by atoms with Crippen LogP contribution in [0.1, 0.15) is 69.4 Å². The molecule has 45 heavy (non-hydrogen) atoms. The lowest BCUT2D eigenvalue weighted by atomic mass is 9.79. The SMILES string of the molecule is CCC1=C(C(=O)OCCCOc2ccc(CCCOC3CCCCO3)cc2)C(c2cccc([N+](=O)[O-])c2)C(C(=O)OC)=C(C)N1. The lowest BCUT2D eigenvalue weighted by Gasteiger charge is -2.31. The summed E-state index contributed by atoms with van der Waals surface area (Å²) in [5, 5.41) is 14.6. The molecule has 2 aromatic rings. The second-order valence-corrected chi connectivity index (χ2v) is 10.9. The lowest BCUT2D eigenvalue weighted by molar-refractivity contribution is -0.384. The van der Waals surface area contributed by atoms with Gasteiger partial charge >= 0.3 is 11.9 Å². The highest BCUT2D eigenvalue weighted by Crippen LogP contribution is 2.40. The van der Waals surface area contributed by atoms with Crippen molar-refractivity contribution >= 4 is 17.6 Å². The fourth-order valence-electron chi connectivity index (χ4n) is 5.53. The number of carbonyl (C=O) groups excluding carboxylic acids is 2. The summed E-state index contributed by atoms with van der Waals surface area (Å²) in [4.78, 5) is 37.4. The predicted octanol–water partition coefficient (Wildman–Crippen LogP) is 5.88. The third-order valence-corrected chi connectivity index (χ3v) is 7.80. The van der Waals surface area contributed by atoms with Gasteiger partial charge in [-0.1, -0.05) is 31.2 Å². The molecule has 2 aliphatic heterocycles. The monoisotopic (exact) mass is 622 g/mol. The Hall–Kier alpha value is -4.22. The van der Waals surface area contributed by atoms with Crippen molar-refractivity contribution in [3.05, 3.63) is 92.3 Å². The number of nitro groups is 1. The first-order chi connectivity index (χ1) is 21.8. The number of nitrogens with one attached hydrogen (secondary N) is 1. The Bertz CT molecular complexity index is 1390. The Morgan fingerprint density at radius 3 is 2.51 bits per heavy atom. The smallest absolute Gasteiger partial charge is 0.336 e. The molecule has 2 heterocycles. The number of carbonyl (C=O) groups is 2. The van der Waals surface area contributed by atoms with E-state index in [9.17, 15) is 19.7 Å². The number of nitro benzene ring substituents is 1. The molecule has 0 spiro atoms. The van der Waals surface area contributed by atoms with Gasteiger partial charge in [-0.3, -0.25) is 10.1 Å². The minimum absolute atomic E-state index is 0.0637. The van der Waals surface area contributed by atoms with Gasteiger partial charge in [-0.05, 0) is 68.7 Å². The Morgan fingerprint density at radius 2 is 1.82 bits per heavy atom. The largest absolute Gasteiger partial charge is 0.493 e. The first-order valence-electron chi connectivity index (χ1n) is 15.5. The number of hydrogen-bond donors (Lipinski definition) is 1. The van der Waals surface area contributed by atoms with Gasteiger partial charge < -0.3 is 29.0 Å². The molecule has 0 amide bonds. The molecule has 0 aromatic heterocycles. The average molecular weight is 623 g/mol. The van der Waals surface area contributed by atoms with Crippen molar-refractivity contribution in [2.75, 3.05) is 33.5 Å². The van der Waals surface area contributed by atoms with Crippen molar-refractivity contribution in [3.63, 3.8) is 0 Å². The summed E-state index contributed by atoms with van der Waals surface area (Å²) >= 11 is 0. The predicted molar refractivity (Wildman–Crippen MR) is 166 cm³/mol. The summed E-state index contributed by atoms with van der Waals surface area (Å²) < 4.78 is 27.9. The minimum Gasteiger partial charge on any atom is -0.493 e. The van der Waals surface area contributed by atoms with Gasteiger partial charge in [0.2, 0.25) is 0 Å². The molecule has 242 valence electrons. The number of methoxy groups -OCH3 is 1. The molecule has 2 aromatic carbocycles. The van der Waals surface area contributed by atoms with Crippen molar-refractivity contribution in [1.82, 2.24) is 5.32 Å². The van der Waals surface area contributed by atoms with Crippen LogP contribution in [0.3, 0.4) is 0 Å². The van der Waals surface area contributed by atoms with Gasteiger partial charge in [-0.15, -0.1) is 0 Å². The summed E-state index contributed by atoms with van der Waals surface area (Å²) in [6.07, 6.45) is 5.87. The van der Waals surface area contributed by atoms with E-state index in [2.05, 4.69) is 5.32 Å². The summed E-state index contributed by atoms with van der Waals surface area (Å²) in [6, 6.07) is 13.8. The third-order valence-electron chi connectivity index (χ3n) is 7.80. The van der Waals surface area contributed by atoms with Crippen LogP contribution in [0.5, 0.6) is 5.75 Å². The molecule has 2 aliphatic rings. The molecule has 2 atom stereocenters. The van der Waals surface area contributed by atoms with E-state index in [4.69, 9.17) is 23.7 Å². The zero-order valence-corrected chi connectivity index (χ0v) is 26.2. The second-order valence-electron chi connectivity index (χ2n) is 10.9. The van der Waals surface area contributed by atoms with Crippen LogP contribution < -0.4 is 10.1 Å². The zero-order chi connectivity index (χ0) is 32.2. The molecular weight excluding hydrogens is 580 g/mol. The van der Waals surface area contributed by atoms with Crippen LogP contribution in [0.25, 0.3) is 0 Å². The summed E-state index contributed by atoms with van der Waals surface area (Å²) in [5.74, 6) is -1.44. The fraction of sp³-hybridized carbons (Fsp3) is 0.471. The van der Waals surface area contributed by atoms with Crippen LogP contribution in [-0.2, 0) is 35.0 Å². The van der Waals surface area contributed by atoms with Crippen LogP contribution in [0, 0.1) is 10.1 Å². The maximum atomic E-state index is 13.5. The topological polar surface area (TPSA) is 135 Å². The van der Waals surface area contributed by atoms with Gasteiger partial charge in [0.05, 0.1) is 48.9 Å². The molecule has 1 N–H and O–H groups in total. The van der Waals surface area contributed by atoms with Crippen molar-refractivity contribution in [1.29, 1.82) is 0 Å². The molecule has 4 rings (SSSR count). The molecule has 0 radical (unpaired) electrons. The van der Waals surface area contributed by atoms with E-state index in [1.807, 2.05) is 31.2 Å². The van der Waals surface area contributed by atoms with E-state index in [0.717, 1.165) is 44.5 Å². The molecule has 1 saturated heterocycles. The molecule has 2 unspecified atom stereocenters. The standard InChI is InChI=1S/C34H42N2O9/c1-4-28-32(31(30(23(2)35-28)33(37)41-3)25-11-7-12-26(22-25)36(39)40)34(38)45-21-9-20-42-27-16-14-24(15-17-27)10-8-19-44-29-13-5-6-18-43-29/h7,11-12,14-17,22,29,31,35H,4-6,8-10,13,18-21H2,1-3H3. The lowest BCUT2D eigenvalue weighted by Crippen LogP contribution is -2.33. The van der Waals surface area contributed by atoms with Crippen LogP contribution >= 0.6 is 0 Å². The van der Waals surface area contributed by atoms with E-state index in [-0.39, 0.29) is 29.7 Å². The van der Waals surface area contributed by atoms with Crippen LogP contribution in [0.15, 0.2) is 71.1 Å². The summed E-state index contributed by atoms with van der Waals surface area (Å²) in [5.41, 5.74) is 2.96. The van der Waals surface area contributed by atoms with Gasteiger partial charge in [0, 0.05) is 36.6 Å².